The number of hydrogen-bond donors (Lipinski definition) is 2. The highest BCUT2D eigenvalue weighted by Crippen LogP contribution is 2.10. The van der Waals surface area contributed by atoms with E-state index >= 15 is 0 Å². The van der Waals surface area contributed by atoms with Gasteiger partial charge in [0.1, 0.15) is 5.69 Å². The molecule has 1 rings (SSSR count). The summed E-state index contributed by atoms with van der Waals surface area (Å²) in [6.45, 7) is 4.50. The lowest BCUT2D eigenvalue weighted by Crippen LogP contribution is -2.37. The monoisotopic (exact) mass is 237 g/mol. The van der Waals surface area contributed by atoms with Crippen LogP contribution in [-0.2, 0) is 0 Å². The Hall–Kier alpha value is -1.62. The van der Waals surface area contributed by atoms with Crippen molar-refractivity contribution in [3.63, 3.8) is 0 Å². The summed E-state index contributed by atoms with van der Waals surface area (Å²) in [7, 11) is 1.66. The van der Waals surface area contributed by atoms with Crippen molar-refractivity contribution in [3.8, 4) is 0 Å². The highest BCUT2D eigenvalue weighted by Gasteiger charge is 2.17. The lowest BCUT2D eigenvalue weighted by Gasteiger charge is -2.22. The fraction of sp³-hybridized carbons (Fsp3) is 0.500. The van der Waals surface area contributed by atoms with Crippen molar-refractivity contribution in [2.75, 3.05) is 25.5 Å². The van der Waals surface area contributed by atoms with E-state index in [1.165, 1.54) is 4.90 Å². The first kappa shape index (κ1) is 13.4. The second-order valence-corrected chi connectivity index (χ2v) is 3.91. The average molecular weight is 237 g/mol. The molecule has 0 radical (unpaired) electrons. The molecule has 0 aliphatic heterocycles. The fourth-order valence-electron chi connectivity index (χ4n) is 1.36. The van der Waals surface area contributed by atoms with E-state index in [9.17, 15) is 4.79 Å². The van der Waals surface area contributed by atoms with Crippen molar-refractivity contribution in [3.05, 3.63) is 24.0 Å². The maximum absolute atomic E-state index is 12.0. The van der Waals surface area contributed by atoms with E-state index in [1.807, 2.05) is 13.0 Å². The van der Waals surface area contributed by atoms with Gasteiger partial charge >= 0.3 is 0 Å². The van der Waals surface area contributed by atoms with Crippen molar-refractivity contribution in [2.45, 2.75) is 19.9 Å². The lowest BCUT2D eigenvalue weighted by molar-refractivity contribution is 0.0676. The maximum Gasteiger partial charge on any atom is 0.272 e. The molecule has 1 heterocycles. The number of likely N-dealkylation sites (N-methyl/N-ethyl adjacent to an activating group) is 1. The molecule has 1 unspecified atom stereocenters. The number of hydrogen-bond acceptors (Lipinski definition) is 4. The first-order valence-electron chi connectivity index (χ1n) is 5.68. The van der Waals surface area contributed by atoms with Gasteiger partial charge in [0.25, 0.3) is 5.91 Å². The highest BCUT2D eigenvalue weighted by molar-refractivity contribution is 5.93. The number of nitrogens with one attached hydrogen (secondary N) is 1. The van der Waals surface area contributed by atoms with Gasteiger partial charge in [0.05, 0.1) is 12.6 Å². The van der Waals surface area contributed by atoms with Crippen LogP contribution in [0, 0.1) is 0 Å². The van der Waals surface area contributed by atoms with E-state index in [2.05, 4.69) is 10.3 Å². The second kappa shape index (κ2) is 6.20. The molecule has 0 saturated heterocycles. The summed E-state index contributed by atoms with van der Waals surface area (Å²) >= 11 is 0. The van der Waals surface area contributed by atoms with Gasteiger partial charge in [0, 0.05) is 25.5 Å². The molecule has 0 bridgehead atoms. The van der Waals surface area contributed by atoms with E-state index in [-0.39, 0.29) is 18.6 Å². The Morgan fingerprint density at radius 3 is 2.94 bits per heavy atom. The summed E-state index contributed by atoms with van der Waals surface area (Å²) in [6.07, 6.45) is 1.60. The van der Waals surface area contributed by atoms with Crippen LogP contribution in [0.25, 0.3) is 0 Å². The van der Waals surface area contributed by atoms with E-state index in [1.54, 1.807) is 26.2 Å². The second-order valence-electron chi connectivity index (χ2n) is 3.91. The first-order valence-corrected chi connectivity index (χ1v) is 5.68. The number of carbonyl (C=O) groups is 1. The summed E-state index contributed by atoms with van der Waals surface area (Å²) in [5.74, 6) is -0.189. The zero-order valence-corrected chi connectivity index (χ0v) is 10.5. The minimum atomic E-state index is -0.216. The summed E-state index contributed by atoms with van der Waals surface area (Å²) < 4.78 is 0. The van der Waals surface area contributed by atoms with Crippen molar-refractivity contribution >= 4 is 11.6 Å². The predicted molar refractivity (Wildman–Crippen MR) is 67.0 cm³/mol. The zero-order chi connectivity index (χ0) is 12.8. The summed E-state index contributed by atoms with van der Waals surface area (Å²) in [5.41, 5.74) is 1.25. The number of pyridine rings is 1. The van der Waals surface area contributed by atoms with Crippen LogP contribution in [-0.4, -0.2) is 47.1 Å². The van der Waals surface area contributed by atoms with Gasteiger partial charge in [-0.05, 0) is 26.0 Å². The van der Waals surface area contributed by atoms with Gasteiger partial charge in [-0.1, -0.05) is 0 Å². The van der Waals surface area contributed by atoms with Crippen LogP contribution in [0.1, 0.15) is 24.3 Å². The Morgan fingerprint density at radius 2 is 2.35 bits per heavy atom. The molecule has 0 aromatic carbocycles. The Labute approximate surface area is 101 Å². The largest absolute Gasteiger partial charge is 0.394 e. The SMILES string of the molecule is CCNc1ccnc(C(=O)N(C)C(C)CO)c1. The molecular weight excluding hydrogens is 218 g/mol. The zero-order valence-electron chi connectivity index (χ0n) is 10.5. The molecule has 0 spiro atoms. The van der Waals surface area contributed by atoms with Crippen LogP contribution in [0.5, 0.6) is 0 Å². The van der Waals surface area contributed by atoms with Gasteiger partial charge in [0.15, 0.2) is 0 Å². The van der Waals surface area contributed by atoms with Gasteiger partial charge in [-0.15, -0.1) is 0 Å². The van der Waals surface area contributed by atoms with Crippen molar-refractivity contribution in [2.24, 2.45) is 0 Å². The standard InChI is InChI=1S/C12H19N3O2/c1-4-13-10-5-6-14-11(7-10)12(17)15(3)9(2)8-16/h5-7,9,16H,4,8H2,1-3H3,(H,13,14). The minimum absolute atomic E-state index is 0.0604. The molecule has 0 aliphatic rings. The number of aliphatic hydroxyl groups excluding tert-OH is 1. The molecule has 1 aromatic rings. The number of amides is 1. The van der Waals surface area contributed by atoms with Crippen LogP contribution in [0.4, 0.5) is 5.69 Å². The third-order valence-corrected chi connectivity index (χ3v) is 2.61. The van der Waals surface area contributed by atoms with Crippen LogP contribution < -0.4 is 5.32 Å². The minimum Gasteiger partial charge on any atom is -0.394 e. The summed E-state index contributed by atoms with van der Waals surface area (Å²) in [5, 5.41) is 12.1. The molecule has 1 aromatic heterocycles. The third kappa shape index (κ3) is 3.42. The van der Waals surface area contributed by atoms with Crippen molar-refractivity contribution in [1.29, 1.82) is 0 Å². The van der Waals surface area contributed by atoms with E-state index in [4.69, 9.17) is 5.11 Å². The normalized spacial score (nSPS) is 12.0. The fourth-order valence-corrected chi connectivity index (χ4v) is 1.36. The molecule has 0 fully saturated rings. The van der Waals surface area contributed by atoms with Crippen molar-refractivity contribution in [1.82, 2.24) is 9.88 Å². The highest BCUT2D eigenvalue weighted by atomic mass is 16.3. The van der Waals surface area contributed by atoms with Crippen LogP contribution in [0.2, 0.25) is 0 Å². The number of nitrogens with zero attached hydrogens (tertiary/aromatic N) is 2. The Balaban J connectivity index is 2.84. The van der Waals surface area contributed by atoms with Gasteiger partial charge in [-0.25, -0.2) is 0 Å². The van der Waals surface area contributed by atoms with Crippen molar-refractivity contribution < 1.29 is 9.90 Å². The van der Waals surface area contributed by atoms with Crippen LogP contribution in [0.3, 0.4) is 0 Å². The Morgan fingerprint density at radius 1 is 1.65 bits per heavy atom. The molecule has 2 N–H and O–H groups in total. The Kier molecular flexibility index (Phi) is 4.90. The maximum atomic E-state index is 12.0. The van der Waals surface area contributed by atoms with Gasteiger partial charge in [-0.3, -0.25) is 9.78 Å². The van der Waals surface area contributed by atoms with Gasteiger partial charge < -0.3 is 15.3 Å². The third-order valence-electron chi connectivity index (χ3n) is 2.61. The topological polar surface area (TPSA) is 65.5 Å². The quantitative estimate of drug-likeness (QED) is 0.800. The summed E-state index contributed by atoms with van der Waals surface area (Å²) in [6, 6.07) is 3.31. The van der Waals surface area contributed by atoms with E-state index in [0.717, 1.165) is 12.2 Å². The first-order chi connectivity index (χ1) is 8.10. The smallest absolute Gasteiger partial charge is 0.272 e. The number of anilines is 1. The average Bonchev–Trinajstić information content (AvgIpc) is 2.36. The lowest BCUT2D eigenvalue weighted by atomic mass is 10.2. The molecule has 1 amide bonds. The van der Waals surface area contributed by atoms with Crippen LogP contribution in [0.15, 0.2) is 18.3 Å². The number of rotatable bonds is 5. The molecule has 17 heavy (non-hydrogen) atoms. The van der Waals surface area contributed by atoms with Crippen LogP contribution >= 0.6 is 0 Å². The van der Waals surface area contributed by atoms with E-state index in [0.29, 0.717) is 5.69 Å². The Bertz CT molecular complexity index is 382. The molecule has 0 aliphatic carbocycles. The molecule has 94 valence electrons. The molecular formula is C12H19N3O2. The molecule has 0 saturated carbocycles. The van der Waals surface area contributed by atoms with Gasteiger partial charge in [0.2, 0.25) is 0 Å². The number of aliphatic hydroxyl groups is 1. The van der Waals surface area contributed by atoms with E-state index < -0.39 is 0 Å². The molecule has 1 atom stereocenters. The number of aromatic nitrogens is 1. The predicted octanol–water partition coefficient (Wildman–Crippen LogP) is 0.966. The van der Waals surface area contributed by atoms with Gasteiger partial charge in [-0.2, -0.15) is 0 Å². The molecule has 5 heteroatoms. The number of carbonyl (C=O) groups excluding carboxylic acids is 1. The molecule has 5 nitrogen and oxygen atoms in total. The summed E-state index contributed by atoms with van der Waals surface area (Å²) in [4.78, 5) is 17.6.